The van der Waals surface area contributed by atoms with Crippen molar-refractivity contribution in [1.82, 2.24) is 10.3 Å². The molecule has 3 N–H and O–H groups in total. The summed E-state index contributed by atoms with van der Waals surface area (Å²) in [6, 6.07) is 9.48. The molecule has 0 spiro atoms. The summed E-state index contributed by atoms with van der Waals surface area (Å²) in [5.74, 6) is -3.37. The van der Waals surface area contributed by atoms with E-state index in [1.54, 1.807) is 20.8 Å². The number of nitrogens with zero attached hydrogens (tertiary/aromatic N) is 1. The van der Waals surface area contributed by atoms with Gasteiger partial charge in [0.05, 0.1) is 36.2 Å². The van der Waals surface area contributed by atoms with Crippen LogP contribution in [0.5, 0.6) is 0 Å². The van der Waals surface area contributed by atoms with Crippen molar-refractivity contribution in [3.05, 3.63) is 63.2 Å². The Morgan fingerprint density at radius 1 is 1.16 bits per heavy atom. The summed E-state index contributed by atoms with van der Waals surface area (Å²) >= 11 is 1.17. The van der Waals surface area contributed by atoms with E-state index in [-0.39, 0.29) is 24.5 Å². The maximum atomic E-state index is 13.4. The van der Waals surface area contributed by atoms with Crippen LogP contribution in [0.1, 0.15) is 54.7 Å². The van der Waals surface area contributed by atoms with Gasteiger partial charge in [0.2, 0.25) is 0 Å². The minimum atomic E-state index is -0.920. The van der Waals surface area contributed by atoms with Crippen molar-refractivity contribution in [2.75, 3.05) is 13.2 Å². The molecule has 0 saturated carbocycles. The highest BCUT2D eigenvalue weighted by Gasteiger charge is 2.54. The molecule has 0 radical (unpaired) electrons. The van der Waals surface area contributed by atoms with Gasteiger partial charge >= 0.3 is 11.9 Å². The van der Waals surface area contributed by atoms with Crippen LogP contribution in [0.25, 0.3) is 0 Å². The lowest BCUT2D eigenvalue weighted by Crippen LogP contribution is -2.55. The molecule has 0 saturated heterocycles. The van der Waals surface area contributed by atoms with Crippen molar-refractivity contribution in [1.29, 1.82) is 0 Å². The van der Waals surface area contributed by atoms with Crippen LogP contribution in [-0.2, 0) is 24.6 Å². The molecule has 0 aliphatic carbocycles. The van der Waals surface area contributed by atoms with E-state index in [0.717, 1.165) is 5.56 Å². The minimum absolute atomic E-state index is 0.0772. The van der Waals surface area contributed by atoms with Gasteiger partial charge in [-0.1, -0.05) is 30.3 Å². The number of hydrogen-bond donors (Lipinski definition) is 2. The first kappa shape index (κ1) is 23.5. The van der Waals surface area contributed by atoms with Gasteiger partial charge in [-0.15, -0.1) is 11.3 Å². The van der Waals surface area contributed by atoms with Gasteiger partial charge in [-0.2, -0.15) is 0 Å². The smallest absolute Gasteiger partial charge is 0.336 e. The first-order valence-corrected chi connectivity index (χ1v) is 11.3. The molecule has 3 atom stereocenters. The van der Waals surface area contributed by atoms with E-state index in [9.17, 15) is 14.4 Å². The first-order valence-electron chi connectivity index (χ1n) is 10.4. The van der Waals surface area contributed by atoms with E-state index in [1.165, 1.54) is 16.7 Å². The summed E-state index contributed by atoms with van der Waals surface area (Å²) in [4.78, 5) is 42.5. The monoisotopic (exact) mass is 457 g/mol. The number of hydrogen-bond acceptors (Lipinski definition) is 8. The van der Waals surface area contributed by atoms with Crippen LogP contribution < -0.4 is 11.1 Å². The molecule has 9 heteroatoms. The quantitative estimate of drug-likeness (QED) is 0.613. The third-order valence-electron chi connectivity index (χ3n) is 5.57. The number of nitrogens with two attached hydrogens (primary N) is 1. The third kappa shape index (κ3) is 4.25. The third-order valence-corrected chi connectivity index (χ3v) is 6.50. The average molecular weight is 458 g/mol. The Morgan fingerprint density at radius 2 is 1.81 bits per heavy atom. The Balaban J connectivity index is 2.28. The number of aromatic nitrogens is 1. The highest BCUT2D eigenvalue weighted by molar-refractivity contribution is 7.10. The molecule has 2 heterocycles. The fraction of sp³-hybridized carbons (Fsp3) is 0.391. The normalized spacial score (nSPS) is 22.8. The van der Waals surface area contributed by atoms with E-state index in [1.807, 2.05) is 37.3 Å². The van der Waals surface area contributed by atoms with Gasteiger partial charge in [0.25, 0.3) is 5.91 Å². The van der Waals surface area contributed by atoms with Crippen LogP contribution in [0.2, 0.25) is 0 Å². The molecular weight excluding hydrogens is 430 g/mol. The molecule has 1 aromatic heterocycles. The zero-order valence-corrected chi connectivity index (χ0v) is 19.3. The standard InChI is InChI=1S/C23H27N3O5S/c1-5-30-21(28)16-13(3)26-23(4,14-10-8-7-9-11-14)18(22(29)31-6-2)17(16)20-25-15(12-32-20)19(24)27/h7-12,17-18,26H,5-6H2,1-4H3,(H2,24,27). The van der Waals surface area contributed by atoms with Gasteiger partial charge in [0, 0.05) is 11.1 Å². The Hall–Kier alpha value is -3.20. The number of allylic oxidation sites excluding steroid dienone is 1. The van der Waals surface area contributed by atoms with Gasteiger partial charge in [-0.05, 0) is 33.3 Å². The molecule has 1 aliphatic heterocycles. The second-order valence-electron chi connectivity index (χ2n) is 7.60. The minimum Gasteiger partial charge on any atom is -0.466 e. The van der Waals surface area contributed by atoms with Crippen molar-refractivity contribution in [3.8, 4) is 0 Å². The molecular formula is C23H27N3O5S. The van der Waals surface area contributed by atoms with Crippen molar-refractivity contribution in [2.45, 2.75) is 39.2 Å². The van der Waals surface area contributed by atoms with Crippen LogP contribution >= 0.6 is 11.3 Å². The number of esters is 2. The molecule has 170 valence electrons. The number of thiazole rings is 1. The molecule has 1 aromatic carbocycles. The Kier molecular flexibility index (Phi) is 6.98. The second kappa shape index (κ2) is 9.52. The molecule has 3 rings (SSSR count). The number of ether oxygens (including phenoxy) is 2. The summed E-state index contributed by atoms with van der Waals surface area (Å²) in [6.07, 6.45) is 0. The van der Waals surface area contributed by atoms with Crippen LogP contribution in [0.3, 0.4) is 0 Å². The fourth-order valence-corrected chi connectivity index (χ4v) is 5.16. The molecule has 2 aromatic rings. The SMILES string of the molecule is CCOC(=O)C1=C(C)NC(C)(c2ccccc2)C(C(=O)OCC)C1c1nc(C(N)=O)cs1. The molecule has 3 unspecified atom stereocenters. The van der Waals surface area contributed by atoms with E-state index in [0.29, 0.717) is 10.7 Å². The molecule has 1 amide bonds. The lowest BCUT2D eigenvalue weighted by molar-refractivity contribution is -0.152. The average Bonchev–Trinajstić information content (AvgIpc) is 3.24. The van der Waals surface area contributed by atoms with Gasteiger partial charge in [0.15, 0.2) is 0 Å². The first-order chi connectivity index (χ1) is 15.2. The molecule has 0 bridgehead atoms. The van der Waals surface area contributed by atoms with E-state index in [4.69, 9.17) is 15.2 Å². The van der Waals surface area contributed by atoms with Crippen molar-refractivity contribution < 1.29 is 23.9 Å². The zero-order valence-electron chi connectivity index (χ0n) is 18.5. The summed E-state index contributed by atoms with van der Waals surface area (Å²) in [5.41, 5.74) is 6.26. The molecule has 32 heavy (non-hydrogen) atoms. The van der Waals surface area contributed by atoms with E-state index in [2.05, 4.69) is 10.3 Å². The molecule has 0 fully saturated rings. The van der Waals surface area contributed by atoms with Crippen molar-refractivity contribution in [3.63, 3.8) is 0 Å². The molecule has 1 aliphatic rings. The predicted molar refractivity (Wildman–Crippen MR) is 120 cm³/mol. The summed E-state index contributed by atoms with van der Waals surface area (Å²) in [6.45, 7) is 7.45. The zero-order chi connectivity index (χ0) is 23.5. The highest BCUT2D eigenvalue weighted by atomic mass is 32.1. The van der Waals surface area contributed by atoms with Gasteiger partial charge < -0.3 is 20.5 Å². The lowest BCUT2D eigenvalue weighted by Gasteiger charge is -2.46. The Morgan fingerprint density at radius 3 is 2.38 bits per heavy atom. The maximum Gasteiger partial charge on any atom is 0.336 e. The van der Waals surface area contributed by atoms with Crippen molar-refractivity contribution >= 4 is 29.2 Å². The summed E-state index contributed by atoms with van der Waals surface area (Å²) < 4.78 is 10.8. The summed E-state index contributed by atoms with van der Waals surface area (Å²) in [5, 5.41) is 5.33. The lowest BCUT2D eigenvalue weighted by atomic mass is 9.67. The van der Waals surface area contributed by atoms with Crippen molar-refractivity contribution in [2.24, 2.45) is 11.7 Å². The number of rotatable bonds is 7. The van der Waals surface area contributed by atoms with Gasteiger partial charge in [-0.25, -0.2) is 9.78 Å². The summed E-state index contributed by atoms with van der Waals surface area (Å²) in [7, 11) is 0. The predicted octanol–water partition coefficient (Wildman–Crippen LogP) is 2.86. The fourth-order valence-electron chi connectivity index (χ4n) is 4.21. The van der Waals surface area contributed by atoms with Gasteiger partial charge in [-0.3, -0.25) is 9.59 Å². The second-order valence-corrected chi connectivity index (χ2v) is 8.48. The largest absolute Gasteiger partial charge is 0.466 e. The van der Waals surface area contributed by atoms with Crippen LogP contribution in [0.4, 0.5) is 0 Å². The van der Waals surface area contributed by atoms with Crippen LogP contribution in [0, 0.1) is 5.92 Å². The number of carbonyl (C=O) groups excluding carboxylic acids is 3. The molecule has 8 nitrogen and oxygen atoms in total. The maximum absolute atomic E-state index is 13.4. The number of carbonyl (C=O) groups is 3. The number of benzene rings is 1. The number of primary amides is 1. The Labute approximate surface area is 190 Å². The number of amides is 1. The van der Waals surface area contributed by atoms with E-state index < -0.39 is 35.2 Å². The van der Waals surface area contributed by atoms with Crippen LogP contribution in [-0.4, -0.2) is 36.0 Å². The van der Waals surface area contributed by atoms with Gasteiger partial charge in [0.1, 0.15) is 10.7 Å². The number of nitrogens with one attached hydrogen (secondary N) is 1. The highest BCUT2D eigenvalue weighted by Crippen LogP contribution is 2.49. The Bertz CT molecular complexity index is 1050. The topological polar surface area (TPSA) is 121 Å². The van der Waals surface area contributed by atoms with Crippen LogP contribution in [0.15, 0.2) is 47.0 Å². The van der Waals surface area contributed by atoms with E-state index >= 15 is 0 Å².